The molecule has 1 aliphatic heterocycles. The van der Waals surface area contributed by atoms with Crippen LogP contribution in [0.2, 0.25) is 0 Å². The number of carbonyl (C=O) groups is 3. The fraction of sp³-hybridized carbons (Fsp3) is 0.889. The van der Waals surface area contributed by atoms with Crippen LogP contribution in [-0.2, 0) is 14.4 Å². The normalized spacial score (nSPS) is 28.1. The molecule has 0 aromatic carbocycles. The summed E-state index contributed by atoms with van der Waals surface area (Å²) in [5, 5.41) is 17.0. The largest absolute Gasteiger partial charge is 0.391 e. The van der Waals surface area contributed by atoms with Crippen LogP contribution in [0.15, 0.2) is 0 Å². The van der Waals surface area contributed by atoms with Gasteiger partial charge in [0.15, 0.2) is 0 Å². The zero-order chi connectivity index (χ0) is 25.7. The van der Waals surface area contributed by atoms with Crippen molar-refractivity contribution < 1.29 is 19.5 Å². The number of carbonyl (C=O) groups excluding carboxylic acids is 3. The molecule has 0 saturated carbocycles. The number of nitrogens with zero attached hydrogens (tertiary/aromatic N) is 1. The molecule has 3 N–H and O–H groups in total. The predicted molar refractivity (Wildman–Crippen MR) is 137 cm³/mol. The maximum absolute atomic E-state index is 13.1. The van der Waals surface area contributed by atoms with Crippen molar-refractivity contribution in [3.63, 3.8) is 0 Å². The van der Waals surface area contributed by atoms with Gasteiger partial charge >= 0.3 is 0 Å². The standard InChI is InChI=1S/C27H51N3O4/c1-7-8-15-28-26(33)21(4)18-24(31)23-16-19(2)13-11-9-10-12-14-20(3)17-25(32)30(6)22(5)27(34)29-23/h19-24,31H,7-18H2,1-6H3,(H,28,33)(H,29,34)/t19-,20-,21-,22+,23+,24+/m1/s1. The number of hydrogen-bond acceptors (Lipinski definition) is 4. The predicted octanol–water partition coefficient (Wildman–Crippen LogP) is 4.03. The zero-order valence-corrected chi connectivity index (χ0v) is 22.6. The highest BCUT2D eigenvalue weighted by molar-refractivity contribution is 5.87. The van der Waals surface area contributed by atoms with Crippen LogP contribution in [0.3, 0.4) is 0 Å². The van der Waals surface area contributed by atoms with Crippen LogP contribution in [0, 0.1) is 17.8 Å². The van der Waals surface area contributed by atoms with Gasteiger partial charge in [0, 0.05) is 25.9 Å². The van der Waals surface area contributed by atoms with Crippen molar-refractivity contribution in [3.8, 4) is 0 Å². The molecule has 0 aromatic rings. The van der Waals surface area contributed by atoms with E-state index in [1.165, 1.54) is 11.3 Å². The maximum Gasteiger partial charge on any atom is 0.242 e. The maximum atomic E-state index is 13.1. The van der Waals surface area contributed by atoms with Gasteiger partial charge in [-0.25, -0.2) is 0 Å². The van der Waals surface area contributed by atoms with Gasteiger partial charge in [-0.1, -0.05) is 72.6 Å². The third-order valence-electron chi connectivity index (χ3n) is 7.34. The zero-order valence-electron chi connectivity index (χ0n) is 22.6. The molecule has 0 spiro atoms. The lowest BCUT2D eigenvalue weighted by atomic mass is 9.89. The van der Waals surface area contributed by atoms with Gasteiger partial charge in [-0.15, -0.1) is 0 Å². The lowest BCUT2D eigenvalue weighted by Crippen LogP contribution is -2.52. The smallest absolute Gasteiger partial charge is 0.242 e. The van der Waals surface area contributed by atoms with E-state index in [9.17, 15) is 19.5 Å². The summed E-state index contributed by atoms with van der Waals surface area (Å²) in [4.78, 5) is 39.7. The fourth-order valence-corrected chi connectivity index (χ4v) is 4.64. The second-order valence-electron chi connectivity index (χ2n) is 10.8. The number of nitrogens with one attached hydrogen (secondary N) is 2. The molecule has 34 heavy (non-hydrogen) atoms. The number of amides is 3. The van der Waals surface area contributed by atoms with Crippen LogP contribution in [0.1, 0.15) is 105 Å². The Morgan fingerprint density at radius 1 is 1.12 bits per heavy atom. The minimum absolute atomic E-state index is 0.0231. The Balaban J connectivity index is 2.91. The van der Waals surface area contributed by atoms with E-state index in [0.29, 0.717) is 31.2 Å². The summed E-state index contributed by atoms with van der Waals surface area (Å²) in [7, 11) is 1.68. The summed E-state index contributed by atoms with van der Waals surface area (Å²) in [6.07, 6.45) is 9.17. The molecule has 1 saturated heterocycles. The van der Waals surface area contributed by atoms with Gasteiger partial charge in [0.25, 0.3) is 0 Å². The van der Waals surface area contributed by atoms with Gasteiger partial charge in [-0.05, 0) is 38.0 Å². The molecule has 1 aliphatic rings. The highest BCUT2D eigenvalue weighted by Gasteiger charge is 2.30. The first-order valence-electron chi connectivity index (χ1n) is 13.6. The summed E-state index contributed by atoms with van der Waals surface area (Å²) in [5.41, 5.74) is 0. The molecule has 198 valence electrons. The van der Waals surface area contributed by atoms with Gasteiger partial charge in [-0.3, -0.25) is 14.4 Å². The minimum Gasteiger partial charge on any atom is -0.391 e. The molecular weight excluding hydrogens is 430 g/mol. The number of hydrogen-bond donors (Lipinski definition) is 3. The first-order chi connectivity index (χ1) is 16.1. The molecule has 1 heterocycles. The molecule has 0 aromatic heterocycles. The van der Waals surface area contributed by atoms with Gasteiger partial charge in [0.05, 0.1) is 12.1 Å². The van der Waals surface area contributed by atoms with Crippen molar-refractivity contribution in [3.05, 3.63) is 0 Å². The van der Waals surface area contributed by atoms with E-state index >= 15 is 0 Å². The summed E-state index contributed by atoms with van der Waals surface area (Å²) in [5.74, 6) is -0.0424. The third kappa shape index (κ3) is 11.2. The van der Waals surface area contributed by atoms with Crippen LogP contribution >= 0.6 is 0 Å². The van der Waals surface area contributed by atoms with E-state index in [1.54, 1.807) is 14.0 Å². The lowest BCUT2D eigenvalue weighted by molar-refractivity contribution is -0.139. The van der Waals surface area contributed by atoms with Crippen molar-refractivity contribution in [1.29, 1.82) is 0 Å². The minimum atomic E-state index is -0.828. The van der Waals surface area contributed by atoms with E-state index in [1.807, 2.05) is 6.92 Å². The molecule has 1 rings (SSSR count). The topological polar surface area (TPSA) is 98.7 Å². The van der Waals surface area contributed by atoms with Crippen molar-refractivity contribution >= 4 is 17.7 Å². The van der Waals surface area contributed by atoms with Crippen molar-refractivity contribution in [1.82, 2.24) is 15.5 Å². The van der Waals surface area contributed by atoms with Gasteiger partial charge in [-0.2, -0.15) is 0 Å². The van der Waals surface area contributed by atoms with Crippen LogP contribution in [0.25, 0.3) is 0 Å². The number of likely N-dealkylation sites (N-methyl/N-ethyl adjacent to an activating group) is 1. The third-order valence-corrected chi connectivity index (χ3v) is 7.34. The monoisotopic (exact) mass is 481 g/mol. The molecule has 0 unspecified atom stereocenters. The summed E-state index contributed by atoms with van der Waals surface area (Å²) < 4.78 is 0. The average molecular weight is 482 g/mol. The second kappa shape index (κ2) is 16.1. The average Bonchev–Trinajstić information content (AvgIpc) is 2.78. The van der Waals surface area contributed by atoms with Gasteiger partial charge < -0.3 is 20.6 Å². The van der Waals surface area contributed by atoms with Crippen LogP contribution in [0.5, 0.6) is 0 Å². The summed E-state index contributed by atoms with van der Waals surface area (Å²) in [6.45, 7) is 10.5. The Kier molecular flexibility index (Phi) is 14.4. The Labute approximate surface area is 207 Å². The van der Waals surface area contributed by atoms with Crippen LogP contribution < -0.4 is 10.6 Å². The van der Waals surface area contributed by atoms with E-state index in [2.05, 4.69) is 31.4 Å². The molecular formula is C27H51N3O4. The van der Waals surface area contributed by atoms with Crippen molar-refractivity contribution in [2.75, 3.05) is 13.6 Å². The quantitative estimate of drug-likeness (QED) is 0.478. The SMILES string of the molecule is CCCCNC(=O)[C@H](C)C[C@H](O)[C@@H]1C[C@H](C)CCCCCC[C@@H](C)CC(=O)N(C)[C@@H](C)C(=O)N1. The highest BCUT2D eigenvalue weighted by atomic mass is 16.3. The summed E-state index contributed by atoms with van der Waals surface area (Å²) >= 11 is 0. The molecule has 0 bridgehead atoms. The van der Waals surface area contributed by atoms with Gasteiger partial charge in [0.1, 0.15) is 6.04 Å². The van der Waals surface area contributed by atoms with E-state index in [0.717, 1.165) is 44.9 Å². The first kappa shape index (κ1) is 30.4. The Morgan fingerprint density at radius 3 is 2.35 bits per heavy atom. The van der Waals surface area contributed by atoms with E-state index in [-0.39, 0.29) is 30.1 Å². The molecule has 1 fully saturated rings. The van der Waals surface area contributed by atoms with Crippen LogP contribution in [0.4, 0.5) is 0 Å². The van der Waals surface area contributed by atoms with Crippen molar-refractivity contribution in [2.45, 2.75) is 123 Å². The van der Waals surface area contributed by atoms with Crippen molar-refractivity contribution in [2.24, 2.45) is 17.8 Å². The molecule has 6 atom stereocenters. The Bertz CT molecular complexity index is 627. The molecule has 7 heteroatoms. The number of aliphatic hydroxyl groups is 1. The Morgan fingerprint density at radius 2 is 1.74 bits per heavy atom. The lowest BCUT2D eigenvalue weighted by Gasteiger charge is -2.32. The second-order valence-corrected chi connectivity index (χ2v) is 10.8. The molecule has 7 nitrogen and oxygen atoms in total. The first-order valence-corrected chi connectivity index (χ1v) is 13.6. The molecule has 0 aliphatic carbocycles. The van der Waals surface area contributed by atoms with E-state index in [4.69, 9.17) is 0 Å². The molecule has 0 radical (unpaired) electrons. The van der Waals surface area contributed by atoms with Gasteiger partial charge in [0.2, 0.25) is 17.7 Å². The number of unbranched alkanes of at least 4 members (excludes halogenated alkanes) is 1. The number of rotatable bonds is 7. The molecule has 3 amide bonds. The highest BCUT2D eigenvalue weighted by Crippen LogP contribution is 2.22. The fourth-order valence-electron chi connectivity index (χ4n) is 4.64. The summed E-state index contributed by atoms with van der Waals surface area (Å²) in [6, 6.07) is -1.07. The van der Waals surface area contributed by atoms with E-state index < -0.39 is 18.2 Å². The Hall–Kier alpha value is -1.63. The number of aliphatic hydroxyl groups excluding tert-OH is 1. The van der Waals surface area contributed by atoms with Crippen LogP contribution in [-0.4, -0.2) is 59.5 Å².